The largest absolute Gasteiger partial charge is 0.462 e. The van der Waals surface area contributed by atoms with Crippen molar-refractivity contribution in [3.63, 3.8) is 0 Å². The molecular formula is C33H57BO4. The van der Waals surface area contributed by atoms with E-state index in [4.69, 9.17) is 14.0 Å². The minimum absolute atomic E-state index is 0.141. The monoisotopic (exact) mass is 528 g/mol. The summed E-state index contributed by atoms with van der Waals surface area (Å²) < 4.78 is 18.4. The number of esters is 1. The first-order valence-corrected chi connectivity index (χ1v) is 15.2. The Balaban J connectivity index is 1.87. The Morgan fingerprint density at radius 2 is 1.29 bits per heavy atom. The minimum atomic E-state index is -0.276. The third-order valence-corrected chi connectivity index (χ3v) is 8.73. The van der Waals surface area contributed by atoms with E-state index >= 15 is 0 Å². The van der Waals surface area contributed by atoms with Crippen molar-refractivity contribution >= 4 is 13.1 Å². The topological polar surface area (TPSA) is 44.8 Å². The van der Waals surface area contributed by atoms with E-state index in [-0.39, 0.29) is 36.1 Å². The molecule has 0 saturated carbocycles. The maximum Gasteiger partial charge on any atom is 0.460 e. The zero-order valence-electron chi connectivity index (χ0n) is 26.9. The molecule has 0 amide bonds. The highest BCUT2D eigenvalue weighted by molar-refractivity contribution is 6.47. The summed E-state index contributed by atoms with van der Waals surface area (Å²) in [4.78, 5) is 13.3. The second-order valence-electron chi connectivity index (χ2n) is 14.1. The molecule has 216 valence electrons. The highest BCUT2D eigenvalue weighted by Crippen LogP contribution is 2.41. The van der Waals surface area contributed by atoms with Gasteiger partial charge in [0.2, 0.25) is 0 Å². The first kappa shape index (κ1) is 32.9. The van der Waals surface area contributed by atoms with E-state index in [0.717, 1.165) is 42.4 Å². The van der Waals surface area contributed by atoms with Crippen molar-refractivity contribution < 1.29 is 18.8 Å². The lowest BCUT2D eigenvalue weighted by Gasteiger charge is -2.32. The molecule has 1 aliphatic rings. The van der Waals surface area contributed by atoms with Crippen LogP contribution in [-0.4, -0.2) is 30.9 Å². The van der Waals surface area contributed by atoms with Crippen LogP contribution < -0.4 is 0 Å². The van der Waals surface area contributed by atoms with Crippen LogP contribution in [0, 0.1) is 11.8 Å². The number of carbonyl (C=O) groups is 1. The molecule has 3 atom stereocenters. The van der Waals surface area contributed by atoms with E-state index in [1.54, 1.807) is 0 Å². The highest BCUT2D eigenvalue weighted by Gasteiger charge is 2.52. The number of hydrogen-bond donors (Lipinski definition) is 0. The Kier molecular flexibility index (Phi) is 11.6. The predicted octanol–water partition coefficient (Wildman–Crippen LogP) is 9.53. The molecule has 0 radical (unpaired) electrons. The summed E-state index contributed by atoms with van der Waals surface area (Å²) in [6.45, 7) is 28.9. The van der Waals surface area contributed by atoms with Gasteiger partial charge >= 0.3 is 13.1 Å². The molecule has 0 spiro atoms. The molecule has 0 bridgehead atoms. The van der Waals surface area contributed by atoms with Crippen LogP contribution in [0.15, 0.2) is 12.1 Å². The maximum atomic E-state index is 13.3. The lowest BCUT2D eigenvalue weighted by molar-refractivity contribution is 0.00578. The summed E-state index contributed by atoms with van der Waals surface area (Å²) in [5.41, 5.74) is 3.76. The van der Waals surface area contributed by atoms with Gasteiger partial charge in [-0.2, -0.15) is 0 Å². The van der Waals surface area contributed by atoms with Crippen molar-refractivity contribution in [1.29, 1.82) is 0 Å². The zero-order chi connectivity index (χ0) is 29.0. The Morgan fingerprint density at radius 3 is 1.74 bits per heavy atom. The van der Waals surface area contributed by atoms with Crippen molar-refractivity contribution in [2.45, 2.75) is 150 Å². The van der Waals surface area contributed by atoms with Crippen molar-refractivity contribution in [2.24, 2.45) is 11.8 Å². The predicted molar refractivity (Wildman–Crippen MR) is 161 cm³/mol. The lowest BCUT2D eigenvalue weighted by atomic mass is 9.68. The third kappa shape index (κ3) is 8.34. The summed E-state index contributed by atoms with van der Waals surface area (Å²) in [5.74, 6) is 2.33. The van der Waals surface area contributed by atoms with Gasteiger partial charge in [0.15, 0.2) is 0 Å². The van der Waals surface area contributed by atoms with Gasteiger partial charge in [-0.1, -0.05) is 74.4 Å². The van der Waals surface area contributed by atoms with Gasteiger partial charge < -0.3 is 14.0 Å². The van der Waals surface area contributed by atoms with Crippen LogP contribution in [0.25, 0.3) is 0 Å². The molecule has 1 aromatic carbocycles. The average molecular weight is 529 g/mol. The van der Waals surface area contributed by atoms with Gasteiger partial charge in [-0.3, -0.25) is 0 Å². The average Bonchev–Trinajstić information content (AvgIpc) is 3.02. The number of rotatable bonds is 13. The normalized spacial score (nSPS) is 19.3. The van der Waals surface area contributed by atoms with Crippen LogP contribution in [0.2, 0.25) is 5.82 Å². The van der Waals surface area contributed by atoms with Crippen LogP contribution in [0.4, 0.5) is 0 Å². The SMILES string of the molecule is CC(C)c1cc(C(C)C)c(C(=O)OCCC[C@@H](C)C[C@H](C)C[C@@H](C)B2OC(C)(C)C(C)(C)O2)c(C(C)C)c1. The van der Waals surface area contributed by atoms with Crippen LogP contribution in [0.1, 0.15) is 160 Å². The minimum Gasteiger partial charge on any atom is -0.462 e. The molecule has 1 saturated heterocycles. The fourth-order valence-electron chi connectivity index (χ4n) is 5.63. The fraction of sp³-hybridized carbons (Fsp3) is 0.788. The first-order valence-electron chi connectivity index (χ1n) is 15.2. The first-order chi connectivity index (χ1) is 17.5. The molecule has 1 aliphatic heterocycles. The molecule has 0 aromatic heterocycles. The van der Waals surface area contributed by atoms with Crippen molar-refractivity contribution in [2.75, 3.05) is 6.61 Å². The summed E-state index contributed by atoms with van der Waals surface area (Å²) in [6.07, 6.45) is 4.19. The standard InChI is InChI=1S/C33H57BO4/c1-21(2)27-19-28(22(3)4)30(29(20-27)23(5)6)31(35)36-16-14-15-24(7)17-25(8)18-26(9)34-37-32(10,11)33(12,13)38-34/h19-26H,14-18H2,1-13H3/t24-,25+,26-/m1/s1. The smallest absolute Gasteiger partial charge is 0.460 e. The number of hydrogen-bond acceptors (Lipinski definition) is 4. The summed E-state index contributed by atoms with van der Waals surface area (Å²) in [6, 6.07) is 4.43. The van der Waals surface area contributed by atoms with E-state index in [1.165, 1.54) is 5.56 Å². The van der Waals surface area contributed by atoms with E-state index in [0.29, 0.717) is 30.2 Å². The van der Waals surface area contributed by atoms with Gasteiger partial charge in [-0.05, 0) is 105 Å². The Labute approximate surface area is 235 Å². The molecule has 1 fully saturated rings. The van der Waals surface area contributed by atoms with Gasteiger partial charge in [0.05, 0.1) is 23.4 Å². The van der Waals surface area contributed by atoms with Gasteiger partial charge in [0, 0.05) is 0 Å². The summed E-state index contributed by atoms with van der Waals surface area (Å²) >= 11 is 0. The van der Waals surface area contributed by atoms with Gasteiger partial charge in [0.1, 0.15) is 0 Å². The van der Waals surface area contributed by atoms with Gasteiger partial charge in [0.25, 0.3) is 0 Å². The molecule has 0 aliphatic carbocycles. The van der Waals surface area contributed by atoms with Crippen molar-refractivity contribution in [3.8, 4) is 0 Å². The molecule has 38 heavy (non-hydrogen) atoms. The second kappa shape index (κ2) is 13.4. The van der Waals surface area contributed by atoms with E-state index in [9.17, 15) is 4.79 Å². The highest BCUT2D eigenvalue weighted by atomic mass is 16.7. The molecule has 0 unspecified atom stereocenters. The molecule has 4 nitrogen and oxygen atoms in total. The van der Waals surface area contributed by atoms with Gasteiger partial charge in [-0.15, -0.1) is 0 Å². The van der Waals surface area contributed by atoms with E-state index in [1.807, 2.05) is 0 Å². The van der Waals surface area contributed by atoms with Crippen LogP contribution >= 0.6 is 0 Å². The van der Waals surface area contributed by atoms with E-state index < -0.39 is 0 Å². The second-order valence-corrected chi connectivity index (χ2v) is 14.1. The molecule has 2 rings (SSSR count). The summed E-state index contributed by atoms with van der Waals surface area (Å²) in [7, 11) is -0.141. The molecule has 1 aromatic rings. The lowest BCUT2D eigenvalue weighted by Crippen LogP contribution is -2.41. The number of carbonyl (C=O) groups excluding carboxylic acids is 1. The molecule has 0 N–H and O–H groups in total. The molecule has 5 heteroatoms. The van der Waals surface area contributed by atoms with Crippen molar-refractivity contribution in [3.05, 3.63) is 34.4 Å². The number of ether oxygens (including phenoxy) is 1. The zero-order valence-corrected chi connectivity index (χ0v) is 26.9. The maximum absolute atomic E-state index is 13.3. The fourth-order valence-corrected chi connectivity index (χ4v) is 5.63. The van der Waals surface area contributed by atoms with Crippen molar-refractivity contribution in [1.82, 2.24) is 0 Å². The Bertz CT molecular complexity index is 873. The Morgan fingerprint density at radius 1 is 0.789 bits per heavy atom. The van der Waals surface area contributed by atoms with Crippen LogP contribution in [0.5, 0.6) is 0 Å². The van der Waals surface area contributed by atoms with Crippen LogP contribution in [-0.2, 0) is 14.0 Å². The summed E-state index contributed by atoms with van der Waals surface area (Å²) in [5, 5.41) is 0. The quantitative estimate of drug-likeness (QED) is 0.145. The Hall–Kier alpha value is -1.33. The molecular weight excluding hydrogens is 471 g/mol. The molecule has 1 heterocycles. The van der Waals surface area contributed by atoms with Gasteiger partial charge in [-0.25, -0.2) is 4.79 Å². The van der Waals surface area contributed by atoms with E-state index in [2.05, 4.69) is 102 Å². The number of benzene rings is 1. The van der Waals surface area contributed by atoms with Crippen LogP contribution in [0.3, 0.4) is 0 Å². The third-order valence-electron chi connectivity index (χ3n) is 8.73.